The molecule has 0 amide bonds. The molecule has 1 saturated heterocycles. The molecule has 4 N–H and O–H groups in total. The van der Waals surface area contributed by atoms with Gasteiger partial charge in [-0.1, -0.05) is 38.8 Å². The molecule has 2 saturated carbocycles. The molecular weight excluding hydrogens is 368 g/mol. The summed E-state index contributed by atoms with van der Waals surface area (Å²) >= 11 is 0. The first-order chi connectivity index (χ1) is 13.6. The zero-order valence-electron chi connectivity index (χ0n) is 17.7. The average Bonchev–Trinajstić information content (AvgIpc) is 2.64. The van der Waals surface area contributed by atoms with Gasteiger partial charge in [0.2, 0.25) is 0 Å². The van der Waals surface area contributed by atoms with E-state index in [1.165, 1.54) is 0 Å². The highest BCUT2D eigenvalue weighted by Gasteiger charge is 2.77. The standard InChI is InChI=1S/C24H34O5/c1-14-11-17(12-18(26)20(14)27)19-21(28)23-9-7-5-6-8-10-24(19,23)29-16(3)22(4,13-23)15(2)25/h11-12,15,19,21,25-28H,3,5-10,13H2,1-2,4H3/t15-,19?,21?,22?,23?,24?/m0/s1. The molecule has 4 rings (SSSR count). The first-order valence-electron chi connectivity index (χ1n) is 10.9. The summed E-state index contributed by atoms with van der Waals surface area (Å²) in [5.74, 6) is -0.0172. The Labute approximate surface area is 173 Å². The van der Waals surface area contributed by atoms with Gasteiger partial charge in [-0.25, -0.2) is 0 Å². The number of aliphatic hydroxyl groups excluding tert-OH is 2. The molecule has 1 aromatic rings. The third-order valence-electron chi connectivity index (χ3n) is 8.36. The Morgan fingerprint density at radius 2 is 1.79 bits per heavy atom. The lowest BCUT2D eigenvalue weighted by atomic mass is 9.39. The first kappa shape index (κ1) is 20.5. The highest BCUT2D eigenvalue weighted by molar-refractivity contribution is 5.51. The van der Waals surface area contributed by atoms with E-state index in [0.717, 1.165) is 44.1 Å². The molecule has 5 nitrogen and oxygen atoms in total. The van der Waals surface area contributed by atoms with Crippen LogP contribution >= 0.6 is 0 Å². The van der Waals surface area contributed by atoms with Gasteiger partial charge in [0.15, 0.2) is 11.5 Å². The van der Waals surface area contributed by atoms with E-state index < -0.39 is 28.6 Å². The van der Waals surface area contributed by atoms with Crippen molar-refractivity contribution in [1.29, 1.82) is 0 Å². The molecule has 3 aliphatic rings. The zero-order valence-corrected chi connectivity index (χ0v) is 17.7. The smallest absolute Gasteiger partial charge is 0.160 e. The van der Waals surface area contributed by atoms with Crippen LogP contribution in [-0.4, -0.2) is 38.2 Å². The Balaban J connectivity index is 1.84. The second kappa shape index (κ2) is 6.64. The van der Waals surface area contributed by atoms with Crippen LogP contribution in [0, 0.1) is 17.8 Å². The van der Waals surface area contributed by atoms with Gasteiger partial charge in [-0.15, -0.1) is 0 Å². The summed E-state index contributed by atoms with van der Waals surface area (Å²) in [5, 5.41) is 42.3. The molecule has 0 radical (unpaired) electrons. The number of hydrogen-bond donors (Lipinski definition) is 4. The minimum atomic E-state index is -0.643. The topological polar surface area (TPSA) is 90.2 Å². The van der Waals surface area contributed by atoms with Crippen LogP contribution in [0.3, 0.4) is 0 Å². The van der Waals surface area contributed by atoms with Gasteiger partial charge in [0, 0.05) is 5.41 Å². The van der Waals surface area contributed by atoms with E-state index in [1.807, 2.05) is 13.0 Å². The van der Waals surface area contributed by atoms with E-state index in [2.05, 4.69) is 6.58 Å². The van der Waals surface area contributed by atoms with E-state index in [9.17, 15) is 20.4 Å². The molecule has 1 aromatic carbocycles. The molecule has 5 unspecified atom stereocenters. The van der Waals surface area contributed by atoms with Gasteiger partial charge in [0.25, 0.3) is 0 Å². The first-order valence-corrected chi connectivity index (χ1v) is 10.9. The van der Waals surface area contributed by atoms with Gasteiger partial charge >= 0.3 is 0 Å². The van der Waals surface area contributed by atoms with Crippen LogP contribution in [0.4, 0.5) is 0 Å². The largest absolute Gasteiger partial charge is 0.504 e. The summed E-state index contributed by atoms with van der Waals surface area (Å²) < 4.78 is 6.67. The number of aromatic hydroxyl groups is 2. The zero-order chi connectivity index (χ0) is 21.2. The van der Waals surface area contributed by atoms with Crippen LogP contribution in [0.2, 0.25) is 0 Å². The van der Waals surface area contributed by atoms with Crippen molar-refractivity contribution in [3.63, 3.8) is 0 Å². The third kappa shape index (κ3) is 2.59. The van der Waals surface area contributed by atoms with Crippen molar-refractivity contribution in [1.82, 2.24) is 0 Å². The number of aliphatic hydroxyl groups is 2. The van der Waals surface area contributed by atoms with Crippen molar-refractivity contribution < 1.29 is 25.2 Å². The van der Waals surface area contributed by atoms with Gasteiger partial charge in [-0.2, -0.15) is 0 Å². The van der Waals surface area contributed by atoms with Gasteiger partial charge in [-0.05, 0) is 56.7 Å². The van der Waals surface area contributed by atoms with Crippen LogP contribution in [0.25, 0.3) is 0 Å². The maximum atomic E-state index is 11.6. The number of phenols is 2. The summed E-state index contributed by atoms with van der Waals surface area (Å²) in [7, 11) is 0. The molecule has 0 bridgehead atoms. The van der Waals surface area contributed by atoms with Crippen LogP contribution in [0.1, 0.15) is 75.8 Å². The Hall–Kier alpha value is -1.72. The van der Waals surface area contributed by atoms with E-state index in [0.29, 0.717) is 17.7 Å². The quantitative estimate of drug-likeness (QED) is 0.555. The van der Waals surface area contributed by atoms with Crippen molar-refractivity contribution in [2.45, 2.75) is 89.4 Å². The van der Waals surface area contributed by atoms with Crippen LogP contribution in [0.5, 0.6) is 11.5 Å². The number of benzene rings is 1. The molecule has 0 aromatic heterocycles. The monoisotopic (exact) mass is 402 g/mol. The van der Waals surface area contributed by atoms with E-state index in [1.54, 1.807) is 19.9 Å². The summed E-state index contributed by atoms with van der Waals surface area (Å²) in [6.45, 7) is 9.69. The lowest BCUT2D eigenvalue weighted by Crippen LogP contribution is -2.77. The van der Waals surface area contributed by atoms with Crippen molar-refractivity contribution in [2.24, 2.45) is 10.8 Å². The molecular formula is C24H34O5. The lowest BCUT2D eigenvalue weighted by Gasteiger charge is -2.72. The number of phenolic OH excluding ortho intramolecular Hbond substituents is 2. The van der Waals surface area contributed by atoms with Crippen LogP contribution < -0.4 is 0 Å². The second-order valence-corrected chi connectivity index (χ2v) is 9.88. The fraction of sp³-hybridized carbons (Fsp3) is 0.667. The van der Waals surface area contributed by atoms with Crippen molar-refractivity contribution >= 4 is 0 Å². The van der Waals surface area contributed by atoms with Crippen molar-refractivity contribution in [3.8, 4) is 11.5 Å². The molecule has 6 atom stereocenters. The minimum absolute atomic E-state index is 0.125. The van der Waals surface area contributed by atoms with E-state index in [4.69, 9.17) is 4.74 Å². The maximum Gasteiger partial charge on any atom is 0.160 e. The number of ether oxygens (including phenoxy) is 1. The molecule has 0 spiro atoms. The predicted octanol–water partition coefficient (Wildman–Crippen LogP) is 4.26. The van der Waals surface area contributed by atoms with E-state index >= 15 is 0 Å². The SMILES string of the molecule is C=C1OC23CCCCCCC2(CC1(C)[C@H](C)O)C(O)C3c1cc(C)c(O)c(O)c1. The van der Waals surface area contributed by atoms with Gasteiger partial charge in [-0.3, -0.25) is 0 Å². The predicted molar refractivity (Wildman–Crippen MR) is 111 cm³/mol. The Morgan fingerprint density at radius 1 is 1.14 bits per heavy atom. The summed E-state index contributed by atoms with van der Waals surface area (Å²) in [4.78, 5) is 0. The second-order valence-electron chi connectivity index (χ2n) is 9.88. The fourth-order valence-corrected chi connectivity index (χ4v) is 6.43. The molecule has 5 heteroatoms. The Bertz CT molecular complexity index is 810. The van der Waals surface area contributed by atoms with Crippen molar-refractivity contribution in [2.75, 3.05) is 0 Å². The number of hydrogen-bond acceptors (Lipinski definition) is 5. The molecule has 1 heterocycles. The highest BCUT2D eigenvalue weighted by atomic mass is 16.5. The Kier molecular flexibility index (Phi) is 4.71. The maximum absolute atomic E-state index is 11.6. The average molecular weight is 403 g/mol. The van der Waals surface area contributed by atoms with Crippen LogP contribution in [-0.2, 0) is 4.74 Å². The van der Waals surface area contributed by atoms with Gasteiger partial charge in [0.1, 0.15) is 5.60 Å². The summed E-state index contributed by atoms with van der Waals surface area (Å²) in [5.41, 5.74) is -0.298. The molecule has 1 aliphatic heterocycles. The molecule has 3 fully saturated rings. The molecule has 29 heavy (non-hydrogen) atoms. The summed E-state index contributed by atoms with van der Waals surface area (Å²) in [6.07, 6.45) is 5.33. The normalized spacial score (nSPS) is 40.5. The highest BCUT2D eigenvalue weighted by Crippen LogP contribution is 2.73. The number of aryl methyl sites for hydroxylation is 1. The Morgan fingerprint density at radius 3 is 2.41 bits per heavy atom. The molecule has 2 aliphatic carbocycles. The summed E-state index contributed by atoms with van der Waals surface area (Å²) in [6, 6.07) is 3.40. The van der Waals surface area contributed by atoms with Crippen LogP contribution in [0.15, 0.2) is 24.5 Å². The minimum Gasteiger partial charge on any atom is -0.504 e. The molecule has 160 valence electrons. The number of rotatable bonds is 2. The third-order valence-corrected chi connectivity index (χ3v) is 8.36. The van der Waals surface area contributed by atoms with E-state index in [-0.39, 0.29) is 17.4 Å². The van der Waals surface area contributed by atoms with Gasteiger partial charge < -0.3 is 25.2 Å². The van der Waals surface area contributed by atoms with Gasteiger partial charge in [0.05, 0.1) is 29.3 Å². The van der Waals surface area contributed by atoms with Crippen molar-refractivity contribution in [3.05, 3.63) is 35.6 Å². The fourth-order valence-electron chi connectivity index (χ4n) is 6.43. The lowest BCUT2D eigenvalue weighted by molar-refractivity contribution is -0.322.